The van der Waals surface area contributed by atoms with Gasteiger partial charge in [-0.1, -0.05) is 56.7 Å². The molecule has 5 aromatic rings. The summed E-state index contributed by atoms with van der Waals surface area (Å²) in [5, 5.41) is 0. The van der Waals surface area contributed by atoms with Gasteiger partial charge in [0.25, 0.3) is 0 Å². The van der Waals surface area contributed by atoms with Gasteiger partial charge < -0.3 is 37.9 Å². The number of carbonyl (C=O) groups is 7. The molecule has 0 aromatic heterocycles. The third kappa shape index (κ3) is 23.2. The van der Waals surface area contributed by atoms with Gasteiger partial charge in [-0.15, -0.1) is 0 Å². The van der Waals surface area contributed by atoms with Crippen molar-refractivity contribution >= 4 is 53.8 Å². The minimum Gasteiger partial charge on any atom is -0.494 e. The van der Waals surface area contributed by atoms with Crippen LogP contribution in [0.4, 0.5) is 0 Å². The van der Waals surface area contributed by atoms with Gasteiger partial charge in [0.05, 0.1) is 32.0 Å². The first-order valence-corrected chi connectivity index (χ1v) is 24.5. The van der Waals surface area contributed by atoms with Crippen LogP contribution >= 0.6 is 0 Å². The largest absolute Gasteiger partial charge is 0.494 e. The Balaban J connectivity index is 0.000000386. The van der Waals surface area contributed by atoms with Gasteiger partial charge >= 0.3 is 35.8 Å². The van der Waals surface area contributed by atoms with Crippen LogP contribution in [0.5, 0.6) is 34.5 Å². The average Bonchev–Trinajstić information content (AvgIpc) is 3.43. The molecule has 0 fully saturated rings. The fraction of sp³-hybridized carbons (Fsp3) is 0.210. The summed E-state index contributed by atoms with van der Waals surface area (Å²) in [6.45, 7) is 20.4. The molecule has 77 heavy (non-hydrogen) atoms. The van der Waals surface area contributed by atoms with Crippen molar-refractivity contribution in [2.45, 2.75) is 59.3 Å². The van der Waals surface area contributed by atoms with Gasteiger partial charge in [-0.2, -0.15) is 0 Å². The van der Waals surface area contributed by atoms with Crippen LogP contribution in [0.3, 0.4) is 0 Å². The number of benzene rings is 5. The first-order valence-electron chi connectivity index (χ1n) is 24.5. The maximum absolute atomic E-state index is 12.7. The van der Waals surface area contributed by atoms with Crippen molar-refractivity contribution in [3.05, 3.63) is 205 Å². The third-order valence-electron chi connectivity index (χ3n) is 10.5. The summed E-state index contributed by atoms with van der Waals surface area (Å²) in [7, 11) is 0. The molecule has 0 amide bonds. The van der Waals surface area contributed by atoms with Gasteiger partial charge in [-0.3, -0.25) is 4.79 Å². The van der Waals surface area contributed by atoms with Crippen LogP contribution in [0.25, 0.3) is 12.2 Å². The van der Waals surface area contributed by atoms with E-state index in [1.165, 1.54) is 12.2 Å². The number of ether oxygens (including phenoxy) is 8. The number of aryl methyl sites for hydroxylation is 1. The van der Waals surface area contributed by atoms with Crippen LogP contribution in [0.1, 0.15) is 89.8 Å². The lowest BCUT2D eigenvalue weighted by Gasteiger charge is -2.10. The highest BCUT2D eigenvalue weighted by Gasteiger charge is 2.13. The van der Waals surface area contributed by atoms with E-state index >= 15 is 0 Å². The summed E-state index contributed by atoms with van der Waals surface area (Å²) < 4.78 is 42.5. The second kappa shape index (κ2) is 32.7. The maximum atomic E-state index is 12.7. The van der Waals surface area contributed by atoms with Crippen LogP contribution in [-0.2, 0) is 33.4 Å². The van der Waals surface area contributed by atoms with Crippen LogP contribution in [0.15, 0.2) is 177 Å². The molecule has 0 N–H and O–H groups in total. The first kappa shape index (κ1) is 60.2. The van der Waals surface area contributed by atoms with Crippen LogP contribution in [0.2, 0.25) is 0 Å². The van der Waals surface area contributed by atoms with E-state index in [1.54, 1.807) is 124 Å². The standard InChI is InChI=1S/C39H42O10.C23H20O5/c1-4-36(40)46-26-10-6-8-24-44-32-17-12-30(13-18-32)14-23-38(42)49-35-22-21-34(28-29(35)3)48-39(43)31-15-19-33(20-16-31)45-25-9-7-11-27-47-37(41)5-2;1-15(2)22(25)27-19-10-5-17(6-11-19)7-14-21(24)18-8-12-20(13-9-18)28-23(26)16(3)4/h4-5,12-23,28H,1-2,6-11,24-27H2,3H3;5-14H,1,3H2,2,4H3/b23-14+;14-7+. The summed E-state index contributed by atoms with van der Waals surface area (Å²) in [5.74, 6) is -0.394. The lowest BCUT2D eigenvalue weighted by molar-refractivity contribution is -0.138. The Morgan fingerprint density at radius 3 is 1.32 bits per heavy atom. The fourth-order valence-electron chi connectivity index (χ4n) is 6.23. The van der Waals surface area contributed by atoms with Crippen molar-refractivity contribution in [3.63, 3.8) is 0 Å². The minimum absolute atomic E-state index is 0.199. The molecule has 400 valence electrons. The summed E-state index contributed by atoms with van der Waals surface area (Å²) >= 11 is 0. The highest BCUT2D eigenvalue weighted by molar-refractivity contribution is 6.07. The van der Waals surface area contributed by atoms with Crippen LogP contribution in [-0.4, -0.2) is 68.0 Å². The maximum Gasteiger partial charge on any atom is 0.343 e. The van der Waals surface area contributed by atoms with Gasteiger partial charge in [0.15, 0.2) is 5.78 Å². The molecule has 0 saturated heterocycles. The monoisotopic (exact) mass is 1050 g/mol. The lowest BCUT2D eigenvalue weighted by Crippen LogP contribution is -2.09. The molecule has 0 spiro atoms. The van der Waals surface area contributed by atoms with Gasteiger partial charge in [-0.05, 0) is 179 Å². The molecule has 15 nitrogen and oxygen atoms in total. The Bertz CT molecular complexity index is 2910. The number of unbranched alkanes of at least 4 members (excludes halogenated alkanes) is 4. The van der Waals surface area contributed by atoms with Crippen molar-refractivity contribution < 1.29 is 71.5 Å². The van der Waals surface area contributed by atoms with E-state index in [-0.39, 0.29) is 5.78 Å². The third-order valence-corrected chi connectivity index (χ3v) is 10.5. The number of hydrogen-bond donors (Lipinski definition) is 0. The Hall–Kier alpha value is -9.37. The molecule has 0 bridgehead atoms. The zero-order chi connectivity index (χ0) is 56.0. The van der Waals surface area contributed by atoms with E-state index in [2.05, 4.69) is 26.3 Å². The Morgan fingerprint density at radius 2 is 0.857 bits per heavy atom. The van der Waals surface area contributed by atoms with Gasteiger partial charge in [-0.25, -0.2) is 28.8 Å². The van der Waals surface area contributed by atoms with Crippen LogP contribution < -0.4 is 28.4 Å². The predicted molar refractivity (Wildman–Crippen MR) is 292 cm³/mol. The number of esters is 6. The fourth-order valence-corrected chi connectivity index (χ4v) is 6.23. The molecule has 0 aliphatic heterocycles. The second-order valence-electron chi connectivity index (χ2n) is 16.9. The Morgan fingerprint density at radius 1 is 0.442 bits per heavy atom. The molecule has 0 atom stereocenters. The number of hydrogen-bond acceptors (Lipinski definition) is 15. The number of allylic oxidation sites excluding steroid dienone is 1. The van der Waals surface area contributed by atoms with E-state index in [0.29, 0.717) is 88.8 Å². The van der Waals surface area contributed by atoms with E-state index in [4.69, 9.17) is 37.9 Å². The lowest BCUT2D eigenvalue weighted by atomic mass is 10.1. The first-order chi connectivity index (χ1) is 37.0. The zero-order valence-electron chi connectivity index (χ0n) is 43.5. The smallest absolute Gasteiger partial charge is 0.343 e. The Labute approximate surface area is 448 Å². The highest BCUT2D eigenvalue weighted by Crippen LogP contribution is 2.25. The van der Waals surface area contributed by atoms with Crippen molar-refractivity contribution in [2.75, 3.05) is 26.4 Å². The highest BCUT2D eigenvalue weighted by atomic mass is 16.6. The van der Waals surface area contributed by atoms with Crippen molar-refractivity contribution in [1.82, 2.24) is 0 Å². The molecule has 0 aliphatic rings. The molecule has 0 unspecified atom stereocenters. The van der Waals surface area contributed by atoms with E-state index < -0.39 is 35.8 Å². The van der Waals surface area contributed by atoms with Crippen molar-refractivity contribution in [1.29, 1.82) is 0 Å². The minimum atomic E-state index is -0.553. The van der Waals surface area contributed by atoms with E-state index in [1.807, 2.05) is 24.3 Å². The topological polar surface area (TPSA) is 193 Å². The summed E-state index contributed by atoms with van der Waals surface area (Å²) in [4.78, 5) is 82.4. The summed E-state index contributed by atoms with van der Waals surface area (Å²) in [6, 6.07) is 31.7. The normalized spacial score (nSPS) is 10.5. The summed E-state index contributed by atoms with van der Waals surface area (Å²) in [6.07, 6.45) is 13.2. The second-order valence-corrected chi connectivity index (χ2v) is 16.9. The predicted octanol–water partition coefficient (Wildman–Crippen LogP) is 11.9. The van der Waals surface area contributed by atoms with Gasteiger partial charge in [0, 0.05) is 34.9 Å². The van der Waals surface area contributed by atoms with E-state index in [0.717, 1.165) is 61.8 Å². The van der Waals surface area contributed by atoms with E-state index in [9.17, 15) is 33.6 Å². The van der Waals surface area contributed by atoms with Gasteiger partial charge in [0.1, 0.15) is 34.5 Å². The number of carbonyl (C=O) groups excluding carboxylic acids is 7. The Kier molecular flexibility index (Phi) is 25.6. The average molecular weight is 1050 g/mol. The molecule has 0 heterocycles. The molecular weight excluding hydrogens is 985 g/mol. The molecule has 0 saturated carbocycles. The van der Waals surface area contributed by atoms with Crippen LogP contribution in [0, 0.1) is 6.92 Å². The number of rotatable bonds is 28. The SMILES string of the molecule is C=C(C)C(=O)Oc1ccc(/C=C/C(=O)c2ccc(OC(=O)C(=C)C)cc2)cc1.C=CC(=O)OCCCCCOc1ccc(/C=C/C(=O)Oc2ccc(OC(=O)c3ccc(OCCCCCOC(=O)C=C)cc3)cc2C)cc1. The molecule has 5 aromatic carbocycles. The summed E-state index contributed by atoms with van der Waals surface area (Å²) in [5.41, 5.74) is 3.61. The number of ketones is 1. The quantitative estimate of drug-likeness (QED) is 0.0151. The molecule has 5 rings (SSSR count). The van der Waals surface area contributed by atoms with Crippen molar-refractivity contribution in [2.24, 2.45) is 0 Å². The zero-order valence-corrected chi connectivity index (χ0v) is 43.5. The molecule has 15 heteroatoms. The molecular formula is C62H62O15. The van der Waals surface area contributed by atoms with Crippen molar-refractivity contribution in [3.8, 4) is 34.5 Å². The molecule has 0 radical (unpaired) electrons. The molecule has 0 aliphatic carbocycles. The van der Waals surface area contributed by atoms with Gasteiger partial charge in [0.2, 0.25) is 0 Å².